The van der Waals surface area contributed by atoms with Gasteiger partial charge in [0.2, 0.25) is 0 Å². The van der Waals surface area contributed by atoms with Gasteiger partial charge >= 0.3 is 0 Å². The number of aromatic nitrogens is 1. The van der Waals surface area contributed by atoms with Crippen molar-refractivity contribution in [1.29, 1.82) is 0 Å². The Labute approximate surface area is 129 Å². The van der Waals surface area contributed by atoms with Gasteiger partial charge < -0.3 is 5.73 Å². The molecule has 2 aliphatic carbocycles. The molecule has 0 spiro atoms. The molecule has 0 bridgehead atoms. The number of pyridine rings is 1. The molecule has 2 aliphatic rings. The van der Waals surface area contributed by atoms with Gasteiger partial charge in [-0.2, -0.15) is 0 Å². The Kier molecular flexibility index (Phi) is 4.95. The first kappa shape index (κ1) is 15.0. The highest BCUT2D eigenvalue weighted by atomic mass is 14.7. The summed E-state index contributed by atoms with van der Waals surface area (Å²) in [6, 6.07) is 4.67. The fourth-order valence-electron chi connectivity index (χ4n) is 4.49. The molecule has 2 heteroatoms. The molecule has 1 aromatic heterocycles. The fourth-order valence-corrected chi connectivity index (χ4v) is 4.49. The third-order valence-electron chi connectivity index (χ3n) is 5.92. The molecule has 21 heavy (non-hydrogen) atoms. The van der Waals surface area contributed by atoms with E-state index < -0.39 is 0 Å². The molecule has 3 rings (SSSR count). The van der Waals surface area contributed by atoms with Gasteiger partial charge in [0.15, 0.2) is 0 Å². The largest absolute Gasteiger partial charge is 0.327 e. The van der Waals surface area contributed by atoms with Crippen LogP contribution >= 0.6 is 0 Å². The average Bonchev–Trinajstić information content (AvgIpc) is 2.55. The molecule has 0 saturated heterocycles. The highest BCUT2D eigenvalue weighted by Gasteiger charge is 2.34. The molecule has 0 aliphatic heterocycles. The second-order valence-corrected chi connectivity index (χ2v) is 7.26. The average molecular weight is 286 g/mol. The minimum absolute atomic E-state index is 0.299. The van der Waals surface area contributed by atoms with E-state index in [4.69, 9.17) is 5.73 Å². The third kappa shape index (κ3) is 3.66. The van der Waals surface area contributed by atoms with E-state index in [-0.39, 0.29) is 0 Å². The quantitative estimate of drug-likeness (QED) is 0.904. The molecule has 2 nitrogen and oxygen atoms in total. The zero-order valence-corrected chi connectivity index (χ0v) is 13.4. The van der Waals surface area contributed by atoms with Crippen LogP contribution in [0.2, 0.25) is 0 Å². The van der Waals surface area contributed by atoms with E-state index >= 15 is 0 Å². The van der Waals surface area contributed by atoms with Crippen molar-refractivity contribution in [2.75, 3.05) is 0 Å². The Morgan fingerprint density at radius 2 is 1.95 bits per heavy atom. The molecular weight excluding hydrogens is 256 g/mol. The zero-order chi connectivity index (χ0) is 14.7. The molecular formula is C19H30N2. The number of hydrogen-bond acceptors (Lipinski definition) is 2. The molecule has 2 N–H and O–H groups in total. The number of hydrogen-bond donors (Lipinski definition) is 1. The standard InChI is InChI=1S/C19H30N2/c1-2-14-7-10-18(21-13-14)12-19(20)17-9-8-15-5-3-4-6-16(15)11-17/h7,10,13,15-17,19H,2-6,8-9,11-12,20H2,1H3. The summed E-state index contributed by atoms with van der Waals surface area (Å²) in [7, 11) is 0. The first-order valence-electron chi connectivity index (χ1n) is 8.95. The van der Waals surface area contributed by atoms with Crippen LogP contribution in [0, 0.1) is 17.8 Å². The summed E-state index contributed by atoms with van der Waals surface area (Å²) in [5, 5.41) is 0. The molecule has 2 fully saturated rings. The van der Waals surface area contributed by atoms with E-state index in [9.17, 15) is 0 Å². The molecule has 0 radical (unpaired) electrons. The second kappa shape index (κ2) is 6.91. The lowest BCUT2D eigenvalue weighted by atomic mass is 9.66. The van der Waals surface area contributed by atoms with Crippen molar-refractivity contribution in [2.45, 2.75) is 70.8 Å². The highest BCUT2D eigenvalue weighted by Crippen LogP contribution is 2.43. The number of nitrogens with two attached hydrogens (primary N) is 1. The van der Waals surface area contributed by atoms with Crippen LogP contribution in [-0.2, 0) is 12.8 Å². The lowest BCUT2D eigenvalue weighted by Crippen LogP contribution is -2.39. The summed E-state index contributed by atoms with van der Waals surface area (Å²) in [5.74, 6) is 2.71. The normalized spacial score (nSPS) is 30.7. The van der Waals surface area contributed by atoms with E-state index in [1.54, 1.807) is 0 Å². The van der Waals surface area contributed by atoms with Crippen molar-refractivity contribution in [3.8, 4) is 0 Å². The van der Waals surface area contributed by atoms with Crippen molar-refractivity contribution < 1.29 is 0 Å². The Morgan fingerprint density at radius 3 is 2.67 bits per heavy atom. The van der Waals surface area contributed by atoms with Crippen LogP contribution in [0.15, 0.2) is 18.3 Å². The lowest BCUT2D eigenvalue weighted by molar-refractivity contribution is 0.117. The summed E-state index contributed by atoms with van der Waals surface area (Å²) in [6.45, 7) is 2.17. The maximum Gasteiger partial charge on any atom is 0.0419 e. The molecule has 2 saturated carbocycles. The number of rotatable bonds is 4. The minimum Gasteiger partial charge on any atom is -0.327 e. The minimum atomic E-state index is 0.299. The molecule has 4 unspecified atom stereocenters. The first-order chi connectivity index (χ1) is 10.3. The predicted octanol–water partition coefficient (Wildman–Crippen LogP) is 4.12. The zero-order valence-electron chi connectivity index (χ0n) is 13.4. The molecule has 4 atom stereocenters. The van der Waals surface area contributed by atoms with E-state index in [2.05, 4.69) is 24.0 Å². The van der Waals surface area contributed by atoms with Gasteiger partial charge in [-0.15, -0.1) is 0 Å². The molecule has 0 aromatic carbocycles. The van der Waals surface area contributed by atoms with Crippen LogP contribution in [0.4, 0.5) is 0 Å². The summed E-state index contributed by atoms with van der Waals surface area (Å²) in [6.07, 6.45) is 14.0. The molecule has 116 valence electrons. The van der Waals surface area contributed by atoms with Crippen molar-refractivity contribution in [2.24, 2.45) is 23.5 Å². The monoisotopic (exact) mass is 286 g/mol. The van der Waals surface area contributed by atoms with Gasteiger partial charge in [0.05, 0.1) is 0 Å². The summed E-state index contributed by atoms with van der Waals surface area (Å²) in [5.41, 5.74) is 9.02. The van der Waals surface area contributed by atoms with Crippen molar-refractivity contribution in [3.05, 3.63) is 29.6 Å². The van der Waals surface area contributed by atoms with Crippen LogP contribution in [-0.4, -0.2) is 11.0 Å². The Balaban J connectivity index is 1.56. The molecule has 1 aromatic rings. The van der Waals surface area contributed by atoms with Crippen molar-refractivity contribution in [3.63, 3.8) is 0 Å². The van der Waals surface area contributed by atoms with Crippen LogP contribution < -0.4 is 5.73 Å². The summed E-state index contributed by atoms with van der Waals surface area (Å²) < 4.78 is 0. The SMILES string of the molecule is CCc1ccc(CC(N)C2CCC3CCCCC3C2)nc1. The number of fused-ring (bicyclic) bond motifs is 1. The predicted molar refractivity (Wildman–Crippen MR) is 88.1 cm³/mol. The van der Waals surface area contributed by atoms with E-state index in [0.717, 1.165) is 30.6 Å². The van der Waals surface area contributed by atoms with E-state index in [1.807, 2.05) is 6.20 Å². The summed E-state index contributed by atoms with van der Waals surface area (Å²) >= 11 is 0. The Hall–Kier alpha value is -0.890. The van der Waals surface area contributed by atoms with Gasteiger partial charge in [-0.1, -0.05) is 38.7 Å². The maximum absolute atomic E-state index is 6.53. The van der Waals surface area contributed by atoms with E-state index in [0.29, 0.717) is 6.04 Å². The molecule has 1 heterocycles. The van der Waals surface area contributed by atoms with Gasteiger partial charge in [-0.05, 0) is 55.1 Å². The third-order valence-corrected chi connectivity index (χ3v) is 5.92. The molecule has 0 amide bonds. The Bertz CT molecular complexity index is 439. The van der Waals surface area contributed by atoms with Crippen LogP contribution in [0.3, 0.4) is 0 Å². The van der Waals surface area contributed by atoms with E-state index in [1.165, 1.54) is 56.2 Å². The first-order valence-corrected chi connectivity index (χ1v) is 8.95. The topological polar surface area (TPSA) is 38.9 Å². The highest BCUT2D eigenvalue weighted by molar-refractivity contribution is 5.14. The van der Waals surface area contributed by atoms with Gasteiger partial charge in [0.25, 0.3) is 0 Å². The number of nitrogens with zero attached hydrogens (tertiary/aromatic N) is 1. The smallest absolute Gasteiger partial charge is 0.0419 e. The van der Waals surface area contributed by atoms with Crippen molar-refractivity contribution in [1.82, 2.24) is 4.98 Å². The van der Waals surface area contributed by atoms with Gasteiger partial charge in [-0.3, -0.25) is 4.98 Å². The van der Waals surface area contributed by atoms with Gasteiger partial charge in [-0.25, -0.2) is 0 Å². The Morgan fingerprint density at radius 1 is 1.14 bits per heavy atom. The van der Waals surface area contributed by atoms with Gasteiger partial charge in [0, 0.05) is 24.4 Å². The second-order valence-electron chi connectivity index (χ2n) is 7.26. The summed E-state index contributed by atoms with van der Waals surface area (Å²) in [4.78, 5) is 4.59. The van der Waals surface area contributed by atoms with Crippen LogP contribution in [0.25, 0.3) is 0 Å². The fraction of sp³-hybridized carbons (Fsp3) is 0.737. The lowest BCUT2D eigenvalue weighted by Gasteiger charge is -2.41. The van der Waals surface area contributed by atoms with Crippen LogP contribution in [0.5, 0.6) is 0 Å². The van der Waals surface area contributed by atoms with Crippen molar-refractivity contribution >= 4 is 0 Å². The van der Waals surface area contributed by atoms with Gasteiger partial charge in [0.1, 0.15) is 0 Å². The van der Waals surface area contributed by atoms with Crippen LogP contribution in [0.1, 0.15) is 63.1 Å². The maximum atomic E-state index is 6.53. The number of aryl methyl sites for hydroxylation is 1.